The van der Waals surface area contributed by atoms with E-state index >= 15 is 0 Å². The van der Waals surface area contributed by atoms with Crippen LogP contribution < -0.4 is 9.30 Å². The van der Waals surface area contributed by atoms with Gasteiger partial charge in [-0.1, -0.05) is 6.92 Å². The normalized spacial score (nSPS) is 13.4. The third kappa shape index (κ3) is 2.69. The maximum atomic E-state index is 11.4. The van der Waals surface area contributed by atoms with E-state index < -0.39 is 15.5 Å². The molecule has 1 unspecified atom stereocenters. The second-order valence-corrected chi connectivity index (χ2v) is 5.79. The molecule has 0 radical (unpaired) electrons. The second kappa shape index (κ2) is 5.14. The van der Waals surface area contributed by atoms with Crippen molar-refractivity contribution in [1.29, 1.82) is 0 Å². The molecule has 1 N–H and O–H groups in total. The Balaban J connectivity index is 2.67. The molecule has 0 amide bonds. The third-order valence-corrected chi connectivity index (χ3v) is 4.29. The van der Waals surface area contributed by atoms with E-state index in [-0.39, 0.29) is 6.42 Å². The summed E-state index contributed by atoms with van der Waals surface area (Å²) in [7, 11) is -2.57. The van der Waals surface area contributed by atoms with Gasteiger partial charge < -0.3 is 4.74 Å². The first kappa shape index (κ1) is 13.8. The number of hydrogen-bond donors (Lipinski definition) is 1. The summed E-state index contributed by atoms with van der Waals surface area (Å²) in [5.41, 5.74) is 0.729. The van der Waals surface area contributed by atoms with Crippen LogP contribution in [0.4, 0.5) is 0 Å². The molecule has 1 atom stereocenters. The van der Waals surface area contributed by atoms with Gasteiger partial charge >= 0.3 is 10.1 Å². The average molecular weight is 282 g/mol. The smallest absolute Gasteiger partial charge is 0.329 e. The second-order valence-electron chi connectivity index (χ2n) is 4.22. The van der Waals surface area contributed by atoms with E-state index in [2.05, 4.69) is 0 Å². The molecule has 6 heteroatoms. The summed E-state index contributed by atoms with van der Waals surface area (Å²) < 4.78 is 38.9. The summed E-state index contributed by atoms with van der Waals surface area (Å²) in [5.74, 6) is 0.699. The summed E-state index contributed by atoms with van der Waals surface area (Å²) >= 11 is 0. The summed E-state index contributed by atoms with van der Waals surface area (Å²) in [6, 6.07) is 8.97. The summed E-state index contributed by atoms with van der Waals surface area (Å²) in [4.78, 5) is 0. The first-order chi connectivity index (χ1) is 8.97. The van der Waals surface area contributed by atoms with E-state index in [1.54, 1.807) is 43.0 Å². The van der Waals surface area contributed by atoms with Crippen LogP contribution in [0.5, 0.6) is 5.75 Å². The van der Waals surface area contributed by atoms with Gasteiger partial charge in [0.05, 0.1) is 12.5 Å². The lowest BCUT2D eigenvalue weighted by molar-refractivity contribution is -0.677. The third-order valence-electron chi connectivity index (χ3n) is 3.04. The van der Waals surface area contributed by atoms with Gasteiger partial charge in [-0.2, -0.15) is 13.0 Å². The van der Waals surface area contributed by atoms with Gasteiger partial charge in [0.25, 0.3) is 5.37 Å². The fraction of sp³-hybridized carbons (Fsp3) is 0.308. The lowest BCUT2D eigenvalue weighted by Crippen LogP contribution is -2.43. The Bertz CT molecular complexity index is 697. The highest BCUT2D eigenvalue weighted by Gasteiger charge is 2.31. The Kier molecular flexibility index (Phi) is 3.73. The van der Waals surface area contributed by atoms with E-state index in [0.29, 0.717) is 5.75 Å². The number of benzene rings is 1. The van der Waals surface area contributed by atoms with Gasteiger partial charge in [0.1, 0.15) is 5.75 Å². The van der Waals surface area contributed by atoms with Gasteiger partial charge in [-0.25, -0.2) is 0 Å². The Labute approximate surface area is 112 Å². The zero-order valence-corrected chi connectivity index (χ0v) is 11.6. The molecule has 0 aliphatic heterocycles. The number of ether oxygens (including phenoxy) is 1. The SMILES string of the molecule is CCC([n+]1cccc2cc(OC)ccc21)S(=O)(=O)O. The number of methoxy groups -OCH3 is 1. The number of rotatable bonds is 4. The largest absolute Gasteiger partial charge is 0.497 e. The minimum Gasteiger partial charge on any atom is -0.497 e. The van der Waals surface area contributed by atoms with E-state index in [1.165, 1.54) is 0 Å². The molecule has 1 heterocycles. The fourth-order valence-electron chi connectivity index (χ4n) is 2.15. The Hall–Kier alpha value is -1.66. The molecule has 1 aromatic carbocycles. The van der Waals surface area contributed by atoms with Crippen LogP contribution in [0.15, 0.2) is 36.5 Å². The van der Waals surface area contributed by atoms with Crippen LogP contribution in [0, 0.1) is 0 Å². The monoisotopic (exact) mass is 282 g/mol. The Morgan fingerprint density at radius 3 is 2.68 bits per heavy atom. The highest BCUT2D eigenvalue weighted by Crippen LogP contribution is 2.20. The minimum atomic E-state index is -4.14. The topological polar surface area (TPSA) is 67.5 Å². The number of hydrogen-bond acceptors (Lipinski definition) is 3. The van der Waals surface area contributed by atoms with Crippen molar-refractivity contribution in [2.75, 3.05) is 7.11 Å². The van der Waals surface area contributed by atoms with Crippen molar-refractivity contribution >= 4 is 21.0 Å². The molecule has 0 bridgehead atoms. The van der Waals surface area contributed by atoms with Crippen LogP contribution in [0.1, 0.15) is 18.7 Å². The van der Waals surface area contributed by atoms with Crippen molar-refractivity contribution in [2.45, 2.75) is 18.7 Å². The molecule has 2 rings (SSSR count). The Morgan fingerprint density at radius 1 is 1.37 bits per heavy atom. The quantitative estimate of drug-likeness (QED) is 0.687. The van der Waals surface area contributed by atoms with E-state index in [9.17, 15) is 13.0 Å². The molecule has 0 fully saturated rings. The molecule has 1 aromatic heterocycles. The molecule has 5 nitrogen and oxygen atoms in total. The fourth-order valence-corrected chi connectivity index (χ4v) is 3.04. The highest BCUT2D eigenvalue weighted by atomic mass is 32.2. The van der Waals surface area contributed by atoms with Gasteiger partial charge in [-0.3, -0.25) is 4.55 Å². The Morgan fingerprint density at radius 2 is 2.11 bits per heavy atom. The summed E-state index contributed by atoms with van der Waals surface area (Å²) in [5, 5.41) is -0.131. The molecule has 19 heavy (non-hydrogen) atoms. The summed E-state index contributed by atoms with van der Waals surface area (Å²) in [6.07, 6.45) is 1.94. The van der Waals surface area contributed by atoms with Crippen molar-refractivity contribution in [3.8, 4) is 5.75 Å². The number of pyridine rings is 1. The lowest BCUT2D eigenvalue weighted by Gasteiger charge is -2.09. The van der Waals surface area contributed by atoms with Crippen molar-refractivity contribution in [2.24, 2.45) is 0 Å². The van der Waals surface area contributed by atoms with Gasteiger partial charge in [-0.15, -0.1) is 0 Å². The maximum absolute atomic E-state index is 11.4. The van der Waals surface area contributed by atoms with Crippen LogP contribution in [0.2, 0.25) is 0 Å². The molecule has 102 valence electrons. The number of aromatic nitrogens is 1. The van der Waals surface area contributed by atoms with Crippen LogP contribution in [-0.2, 0) is 10.1 Å². The van der Waals surface area contributed by atoms with E-state index in [4.69, 9.17) is 4.74 Å². The predicted molar refractivity (Wildman–Crippen MR) is 71.6 cm³/mol. The molecule has 0 saturated heterocycles. The van der Waals surface area contributed by atoms with E-state index in [0.717, 1.165) is 10.9 Å². The van der Waals surface area contributed by atoms with Crippen molar-refractivity contribution in [3.63, 3.8) is 0 Å². The molecular formula is C13H16NO4S+. The van der Waals surface area contributed by atoms with Gasteiger partial charge in [0.15, 0.2) is 6.20 Å². The minimum absolute atomic E-state index is 0.286. The van der Waals surface area contributed by atoms with Gasteiger partial charge in [0, 0.05) is 18.6 Å². The van der Waals surface area contributed by atoms with Gasteiger partial charge in [0.2, 0.25) is 5.52 Å². The highest BCUT2D eigenvalue weighted by molar-refractivity contribution is 7.85. The van der Waals surface area contributed by atoms with Crippen molar-refractivity contribution in [1.82, 2.24) is 0 Å². The van der Waals surface area contributed by atoms with Crippen LogP contribution in [-0.4, -0.2) is 20.1 Å². The van der Waals surface area contributed by atoms with Crippen LogP contribution >= 0.6 is 0 Å². The standard InChI is InChI=1S/C13H15NO4S/c1-3-13(19(15,16)17)14-8-4-5-10-9-11(18-2)6-7-12(10)14/h4-9,13H,3H2,1-2H3/p+1. The van der Waals surface area contributed by atoms with E-state index in [1.807, 2.05) is 12.1 Å². The summed E-state index contributed by atoms with van der Waals surface area (Å²) in [6.45, 7) is 1.72. The lowest BCUT2D eigenvalue weighted by atomic mass is 10.2. The average Bonchev–Trinajstić information content (AvgIpc) is 2.37. The number of nitrogens with zero attached hydrogens (tertiary/aromatic N) is 1. The zero-order valence-electron chi connectivity index (χ0n) is 10.8. The molecule has 0 aliphatic carbocycles. The molecule has 0 saturated carbocycles. The van der Waals surface area contributed by atoms with Crippen LogP contribution in [0.3, 0.4) is 0 Å². The first-order valence-corrected chi connectivity index (χ1v) is 7.42. The molecule has 2 aromatic rings. The predicted octanol–water partition coefficient (Wildman–Crippen LogP) is 1.93. The van der Waals surface area contributed by atoms with Gasteiger partial charge in [-0.05, 0) is 18.2 Å². The van der Waals surface area contributed by atoms with Crippen molar-refractivity contribution < 1.29 is 22.3 Å². The molecule has 0 aliphatic rings. The zero-order chi connectivity index (χ0) is 14.0. The first-order valence-electron chi connectivity index (χ1n) is 5.91. The van der Waals surface area contributed by atoms with Crippen LogP contribution in [0.25, 0.3) is 10.9 Å². The van der Waals surface area contributed by atoms with Crippen molar-refractivity contribution in [3.05, 3.63) is 36.5 Å². The number of fused-ring (bicyclic) bond motifs is 1. The molecule has 0 spiro atoms. The maximum Gasteiger partial charge on any atom is 0.329 e. The molecular weight excluding hydrogens is 266 g/mol.